The molecule has 0 bridgehead atoms. The molecule has 27 heavy (non-hydrogen) atoms. The van der Waals surface area contributed by atoms with Gasteiger partial charge in [-0.05, 0) is 42.3 Å². The Morgan fingerprint density at radius 3 is 2.89 bits per heavy atom. The Morgan fingerprint density at radius 2 is 2.19 bits per heavy atom. The maximum absolute atomic E-state index is 14.6. The SMILES string of the molecule is O=C([C@H]1CN(c2ccc(C3=CCOCC3)c(F)c2)C(=O)O1)N1C=CC=CN1. The number of carbonyl (C=O) groups is 2. The second-order valence-corrected chi connectivity index (χ2v) is 6.24. The lowest BCUT2D eigenvalue weighted by molar-refractivity contribution is -0.137. The zero-order chi connectivity index (χ0) is 18.8. The first-order chi connectivity index (χ1) is 13.1. The molecule has 1 aromatic rings. The van der Waals surface area contributed by atoms with Crippen molar-refractivity contribution >= 4 is 23.3 Å². The number of cyclic esters (lactones) is 1. The minimum atomic E-state index is -0.970. The lowest BCUT2D eigenvalue weighted by atomic mass is 10.0. The van der Waals surface area contributed by atoms with Crippen molar-refractivity contribution in [1.82, 2.24) is 10.4 Å². The van der Waals surface area contributed by atoms with E-state index in [9.17, 15) is 14.0 Å². The summed E-state index contributed by atoms with van der Waals surface area (Å²) in [6.07, 6.45) is 7.39. The number of amides is 2. The monoisotopic (exact) mass is 371 g/mol. The zero-order valence-corrected chi connectivity index (χ0v) is 14.4. The number of hydrazine groups is 1. The Bertz CT molecular complexity index is 865. The predicted molar refractivity (Wildman–Crippen MR) is 95.7 cm³/mol. The average Bonchev–Trinajstić information content (AvgIpc) is 3.10. The average molecular weight is 371 g/mol. The van der Waals surface area contributed by atoms with E-state index in [1.807, 2.05) is 6.08 Å². The summed E-state index contributed by atoms with van der Waals surface area (Å²) in [5.74, 6) is -0.829. The smallest absolute Gasteiger partial charge is 0.415 e. The lowest BCUT2D eigenvalue weighted by Gasteiger charge is -2.22. The predicted octanol–water partition coefficient (Wildman–Crippen LogP) is 2.33. The number of benzene rings is 1. The first kappa shape index (κ1) is 17.3. The van der Waals surface area contributed by atoms with Gasteiger partial charge < -0.3 is 9.47 Å². The Morgan fingerprint density at radius 1 is 1.30 bits per heavy atom. The Balaban J connectivity index is 1.50. The topological polar surface area (TPSA) is 71.1 Å². The third-order valence-electron chi connectivity index (χ3n) is 4.55. The summed E-state index contributed by atoms with van der Waals surface area (Å²) in [5, 5.41) is 1.24. The van der Waals surface area contributed by atoms with Gasteiger partial charge in [0.2, 0.25) is 6.10 Å². The number of anilines is 1. The molecule has 1 N–H and O–H groups in total. The normalized spacial score (nSPS) is 21.7. The number of hydrogen-bond acceptors (Lipinski definition) is 5. The van der Waals surface area contributed by atoms with Crippen LogP contribution in [0.1, 0.15) is 12.0 Å². The quantitative estimate of drug-likeness (QED) is 0.883. The van der Waals surface area contributed by atoms with Gasteiger partial charge in [0, 0.05) is 18.0 Å². The number of allylic oxidation sites excluding steroid dienone is 2. The van der Waals surface area contributed by atoms with Gasteiger partial charge >= 0.3 is 6.09 Å². The fraction of sp³-hybridized carbons (Fsp3) is 0.263. The summed E-state index contributed by atoms with van der Waals surface area (Å²) in [6, 6.07) is 4.59. The highest BCUT2D eigenvalue weighted by molar-refractivity contribution is 5.96. The molecular weight excluding hydrogens is 353 g/mol. The van der Waals surface area contributed by atoms with Crippen molar-refractivity contribution in [2.24, 2.45) is 0 Å². The van der Waals surface area contributed by atoms with Crippen LogP contribution in [0.4, 0.5) is 14.9 Å². The summed E-state index contributed by atoms with van der Waals surface area (Å²) in [5.41, 5.74) is 4.49. The van der Waals surface area contributed by atoms with E-state index >= 15 is 0 Å². The number of nitrogens with one attached hydrogen (secondary N) is 1. The highest BCUT2D eigenvalue weighted by Gasteiger charge is 2.39. The fourth-order valence-corrected chi connectivity index (χ4v) is 3.16. The second kappa shape index (κ2) is 7.24. The molecular formula is C19H18FN3O4. The molecule has 3 aliphatic rings. The third kappa shape index (κ3) is 3.43. The number of halogens is 1. The Kier molecular flexibility index (Phi) is 4.64. The molecule has 1 aromatic carbocycles. The van der Waals surface area contributed by atoms with E-state index in [4.69, 9.17) is 9.47 Å². The molecule has 4 rings (SSSR count). The van der Waals surface area contributed by atoms with E-state index in [-0.39, 0.29) is 6.54 Å². The molecule has 3 heterocycles. The number of nitrogens with zero attached hydrogens (tertiary/aromatic N) is 2. The van der Waals surface area contributed by atoms with Gasteiger partial charge in [-0.1, -0.05) is 6.08 Å². The highest BCUT2D eigenvalue weighted by Crippen LogP contribution is 2.29. The molecule has 0 spiro atoms. The lowest BCUT2D eigenvalue weighted by Crippen LogP contribution is -2.44. The molecule has 2 amide bonds. The molecule has 8 heteroatoms. The Labute approximate surface area is 155 Å². The molecule has 0 aliphatic carbocycles. The van der Waals surface area contributed by atoms with Crippen molar-refractivity contribution < 1.29 is 23.5 Å². The van der Waals surface area contributed by atoms with Crippen molar-refractivity contribution in [3.8, 4) is 0 Å². The van der Waals surface area contributed by atoms with Crippen LogP contribution < -0.4 is 10.3 Å². The summed E-state index contributed by atoms with van der Waals surface area (Å²) < 4.78 is 25.0. The minimum Gasteiger partial charge on any atom is -0.434 e. The first-order valence-electron chi connectivity index (χ1n) is 8.61. The second-order valence-electron chi connectivity index (χ2n) is 6.24. The number of hydrogen-bond donors (Lipinski definition) is 1. The maximum Gasteiger partial charge on any atom is 0.415 e. The van der Waals surface area contributed by atoms with Crippen LogP contribution in [-0.2, 0) is 14.3 Å². The van der Waals surface area contributed by atoms with E-state index < -0.39 is 23.9 Å². The Hall–Kier alpha value is -3.13. The summed E-state index contributed by atoms with van der Waals surface area (Å²) in [4.78, 5) is 25.9. The molecule has 0 radical (unpaired) electrons. The molecule has 0 aromatic heterocycles. The van der Waals surface area contributed by atoms with E-state index in [1.54, 1.807) is 30.5 Å². The van der Waals surface area contributed by atoms with E-state index in [0.29, 0.717) is 30.9 Å². The van der Waals surface area contributed by atoms with Crippen LogP contribution in [-0.4, -0.2) is 42.9 Å². The summed E-state index contributed by atoms with van der Waals surface area (Å²) in [6.45, 7) is 1.04. The highest BCUT2D eigenvalue weighted by atomic mass is 19.1. The van der Waals surface area contributed by atoms with Gasteiger partial charge in [-0.3, -0.25) is 15.1 Å². The number of rotatable bonds is 3. The van der Waals surface area contributed by atoms with Crippen LogP contribution >= 0.6 is 0 Å². The van der Waals surface area contributed by atoms with Crippen LogP contribution in [0, 0.1) is 5.82 Å². The number of ether oxygens (including phenoxy) is 2. The van der Waals surface area contributed by atoms with Crippen molar-refractivity contribution in [2.75, 3.05) is 24.7 Å². The number of carbonyl (C=O) groups excluding carboxylic acids is 2. The van der Waals surface area contributed by atoms with Crippen molar-refractivity contribution in [2.45, 2.75) is 12.5 Å². The molecule has 1 fully saturated rings. The molecule has 140 valence electrons. The molecule has 0 unspecified atom stereocenters. The molecule has 7 nitrogen and oxygen atoms in total. The van der Waals surface area contributed by atoms with E-state index in [0.717, 1.165) is 5.57 Å². The molecule has 0 saturated carbocycles. The van der Waals surface area contributed by atoms with Gasteiger partial charge in [-0.2, -0.15) is 0 Å². The minimum absolute atomic E-state index is 0.0166. The van der Waals surface area contributed by atoms with Gasteiger partial charge in [-0.15, -0.1) is 0 Å². The van der Waals surface area contributed by atoms with Crippen molar-refractivity contribution in [3.05, 3.63) is 60.2 Å². The summed E-state index contributed by atoms with van der Waals surface area (Å²) in [7, 11) is 0. The van der Waals surface area contributed by atoms with Gasteiger partial charge in [0.25, 0.3) is 5.91 Å². The van der Waals surface area contributed by atoms with Crippen LogP contribution in [0.25, 0.3) is 5.57 Å². The van der Waals surface area contributed by atoms with Gasteiger partial charge in [0.05, 0.1) is 25.4 Å². The van der Waals surface area contributed by atoms with Crippen molar-refractivity contribution in [1.29, 1.82) is 0 Å². The van der Waals surface area contributed by atoms with Crippen molar-refractivity contribution in [3.63, 3.8) is 0 Å². The van der Waals surface area contributed by atoms with Crippen LogP contribution in [0.15, 0.2) is 48.8 Å². The zero-order valence-electron chi connectivity index (χ0n) is 14.4. The van der Waals surface area contributed by atoms with Gasteiger partial charge in [-0.25, -0.2) is 14.2 Å². The van der Waals surface area contributed by atoms with Crippen LogP contribution in [0.5, 0.6) is 0 Å². The van der Waals surface area contributed by atoms with E-state index in [2.05, 4.69) is 5.43 Å². The summed E-state index contributed by atoms with van der Waals surface area (Å²) >= 11 is 0. The van der Waals surface area contributed by atoms with Crippen LogP contribution in [0.2, 0.25) is 0 Å². The van der Waals surface area contributed by atoms with Gasteiger partial charge in [0.15, 0.2) is 0 Å². The molecule has 3 aliphatic heterocycles. The van der Waals surface area contributed by atoms with Gasteiger partial charge in [0.1, 0.15) is 5.82 Å². The largest absolute Gasteiger partial charge is 0.434 e. The molecule has 1 atom stereocenters. The first-order valence-corrected chi connectivity index (χ1v) is 8.61. The van der Waals surface area contributed by atoms with Crippen LogP contribution in [0.3, 0.4) is 0 Å². The molecule has 1 saturated heterocycles. The fourth-order valence-electron chi connectivity index (χ4n) is 3.16. The maximum atomic E-state index is 14.6. The standard InChI is InChI=1S/C19H18FN3O4/c20-16-11-14(3-4-15(16)13-5-9-26-10-6-13)22-12-17(27-19(22)25)18(24)23-8-2-1-7-21-23/h1-5,7-8,11,17,21H,6,9-10,12H2/t17-/m1/s1. The van der Waals surface area contributed by atoms with E-state index in [1.165, 1.54) is 22.2 Å². The third-order valence-corrected chi connectivity index (χ3v) is 4.55.